The molecule has 0 aromatic heterocycles. The van der Waals surface area contributed by atoms with Gasteiger partial charge >= 0.3 is 21.3 Å². The summed E-state index contributed by atoms with van der Waals surface area (Å²) in [6.45, 7) is 6.61. The van der Waals surface area contributed by atoms with E-state index in [1.165, 1.54) is 0 Å². The Hall–Kier alpha value is -0.530. The summed E-state index contributed by atoms with van der Waals surface area (Å²) in [5.74, 6) is -1.72. The van der Waals surface area contributed by atoms with Crippen LogP contribution in [0, 0.1) is 11.8 Å². The minimum atomic E-state index is -5.73. The van der Waals surface area contributed by atoms with Crippen LogP contribution < -0.4 is 0 Å². The van der Waals surface area contributed by atoms with E-state index in [9.17, 15) is 32.2 Å². The molecule has 2 bridgehead atoms. The van der Waals surface area contributed by atoms with Crippen LogP contribution in [0.4, 0.5) is 8.78 Å². The van der Waals surface area contributed by atoms with Crippen LogP contribution in [0.1, 0.15) is 41.0 Å². The maximum absolute atomic E-state index is 13.5. The van der Waals surface area contributed by atoms with Gasteiger partial charge in [-0.3, -0.25) is 4.55 Å². The van der Waals surface area contributed by atoms with Crippen molar-refractivity contribution in [1.82, 2.24) is 0 Å². The van der Waals surface area contributed by atoms with Crippen molar-refractivity contribution in [3.05, 3.63) is 0 Å². The minimum absolute atomic E-state index is 0.0137. The molecular formula is C17H28F2O8S2. The summed E-state index contributed by atoms with van der Waals surface area (Å²) in [6, 6.07) is 0. The Bertz CT molecular complexity index is 729. The molecule has 0 aromatic carbocycles. The van der Waals surface area contributed by atoms with Crippen molar-refractivity contribution in [2.24, 2.45) is 11.8 Å². The third kappa shape index (κ3) is 5.04. The van der Waals surface area contributed by atoms with Gasteiger partial charge in [-0.1, -0.05) is 0 Å². The number of hydrogen-bond acceptors (Lipinski definition) is 8. The zero-order valence-electron chi connectivity index (χ0n) is 16.8. The molecule has 29 heavy (non-hydrogen) atoms. The van der Waals surface area contributed by atoms with Crippen LogP contribution in [0.3, 0.4) is 0 Å². The predicted molar refractivity (Wildman–Crippen MR) is 101 cm³/mol. The largest absolute Gasteiger partial charge is 0.453 e. The maximum atomic E-state index is 13.5. The van der Waals surface area contributed by atoms with Gasteiger partial charge in [0.05, 0.1) is 17.3 Å². The lowest BCUT2D eigenvalue weighted by molar-refractivity contribution is -0.168. The van der Waals surface area contributed by atoms with E-state index in [1.54, 1.807) is 39.5 Å². The van der Waals surface area contributed by atoms with Crippen LogP contribution >= 0.6 is 11.8 Å². The first kappa shape index (κ1) is 24.7. The molecule has 2 aliphatic heterocycles. The molecule has 2 rings (SSSR count). The summed E-state index contributed by atoms with van der Waals surface area (Å²) >= 11 is 1.55. The first-order valence-electron chi connectivity index (χ1n) is 9.13. The monoisotopic (exact) mass is 462 g/mol. The van der Waals surface area contributed by atoms with E-state index in [1.807, 2.05) is 0 Å². The highest BCUT2D eigenvalue weighted by atomic mass is 32.2. The minimum Gasteiger partial charge on any atom is -0.453 e. The third-order valence-electron chi connectivity index (χ3n) is 5.48. The van der Waals surface area contributed by atoms with E-state index in [0.29, 0.717) is 13.3 Å². The normalized spacial score (nSPS) is 31.7. The molecular weight excluding hydrogens is 434 g/mol. The molecule has 6 atom stereocenters. The second kappa shape index (κ2) is 7.86. The van der Waals surface area contributed by atoms with Crippen molar-refractivity contribution in [1.29, 1.82) is 0 Å². The van der Waals surface area contributed by atoms with Gasteiger partial charge in [-0.05, 0) is 41.0 Å². The zero-order chi connectivity index (χ0) is 22.6. The average molecular weight is 463 g/mol. The Balaban J connectivity index is 2.00. The first-order chi connectivity index (χ1) is 12.9. The number of carbonyl (C=O) groups excluding carboxylic acids is 1. The number of rotatable bonds is 8. The highest BCUT2D eigenvalue weighted by molar-refractivity contribution is 8.01. The average Bonchev–Trinajstić information content (AvgIpc) is 3.08. The Morgan fingerprint density at radius 3 is 2.14 bits per heavy atom. The van der Waals surface area contributed by atoms with Gasteiger partial charge in [-0.25, -0.2) is 4.79 Å². The molecule has 0 saturated carbocycles. The van der Waals surface area contributed by atoms with Gasteiger partial charge in [0.15, 0.2) is 6.10 Å². The van der Waals surface area contributed by atoms with E-state index in [0.717, 1.165) is 0 Å². The summed E-state index contributed by atoms with van der Waals surface area (Å²) in [7, 11) is -5.73. The van der Waals surface area contributed by atoms with Gasteiger partial charge in [0.25, 0.3) is 0 Å². The van der Waals surface area contributed by atoms with Crippen molar-refractivity contribution >= 4 is 27.8 Å². The molecule has 3 N–H and O–H groups in total. The van der Waals surface area contributed by atoms with Crippen LogP contribution in [0.25, 0.3) is 0 Å². The number of thioether (sulfide) groups is 1. The van der Waals surface area contributed by atoms with Crippen molar-refractivity contribution in [3.8, 4) is 0 Å². The quantitative estimate of drug-likeness (QED) is 0.362. The van der Waals surface area contributed by atoms with E-state index >= 15 is 0 Å². The molecule has 0 radical (unpaired) electrons. The summed E-state index contributed by atoms with van der Waals surface area (Å²) in [5.41, 5.74) is -2.15. The molecule has 2 saturated heterocycles. The van der Waals surface area contributed by atoms with E-state index in [-0.39, 0.29) is 22.3 Å². The number of esters is 1. The number of hydrogen-bond donors (Lipinski definition) is 3. The summed E-state index contributed by atoms with van der Waals surface area (Å²) < 4.78 is 66.9. The van der Waals surface area contributed by atoms with Gasteiger partial charge in [0.1, 0.15) is 6.61 Å². The van der Waals surface area contributed by atoms with E-state index < -0.39 is 51.4 Å². The van der Waals surface area contributed by atoms with Crippen molar-refractivity contribution in [2.75, 3.05) is 6.61 Å². The molecule has 0 aliphatic carbocycles. The van der Waals surface area contributed by atoms with E-state index in [2.05, 4.69) is 4.74 Å². The summed E-state index contributed by atoms with van der Waals surface area (Å²) in [4.78, 5) is 11.8. The van der Waals surface area contributed by atoms with Crippen LogP contribution in [0.15, 0.2) is 0 Å². The lowest BCUT2D eigenvalue weighted by Crippen LogP contribution is -2.54. The fraction of sp³-hybridized carbons (Fsp3) is 0.941. The second-order valence-corrected chi connectivity index (χ2v) is 11.7. The molecule has 6 unspecified atom stereocenters. The van der Waals surface area contributed by atoms with E-state index in [4.69, 9.17) is 9.29 Å². The number of halogens is 2. The van der Waals surface area contributed by atoms with Gasteiger partial charge in [0, 0.05) is 22.3 Å². The fourth-order valence-electron chi connectivity index (χ4n) is 4.27. The SMILES string of the molecule is CC(OC(=O)COC1CC2SC1C(C(C)(C)O)C2C(C)(C)O)C(F)(F)S(=O)(=O)O. The molecule has 2 fully saturated rings. The molecule has 2 aliphatic rings. The third-order valence-corrected chi connectivity index (χ3v) is 8.24. The Kier molecular flexibility index (Phi) is 6.71. The Labute approximate surface area is 173 Å². The Morgan fingerprint density at radius 2 is 1.69 bits per heavy atom. The van der Waals surface area contributed by atoms with Gasteiger partial charge in [-0.15, -0.1) is 0 Å². The van der Waals surface area contributed by atoms with Gasteiger partial charge < -0.3 is 19.7 Å². The summed E-state index contributed by atoms with van der Waals surface area (Å²) in [5, 5.41) is 16.3. The molecule has 0 amide bonds. The fourth-order valence-corrected chi connectivity index (χ4v) is 7.15. The molecule has 2 heterocycles. The Morgan fingerprint density at radius 1 is 1.17 bits per heavy atom. The lowest BCUT2D eigenvalue weighted by atomic mass is 9.65. The van der Waals surface area contributed by atoms with Crippen LogP contribution in [-0.4, -0.2) is 74.9 Å². The number of alkyl halides is 2. The number of fused-ring (bicyclic) bond motifs is 2. The number of ether oxygens (including phenoxy) is 2. The highest BCUT2D eigenvalue weighted by Crippen LogP contribution is 2.59. The van der Waals surface area contributed by atoms with Crippen LogP contribution in [0.2, 0.25) is 0 Å². The molecule has 170 valence electrons. The first-order valence-corrected chi connectivity index (χ1v) is 11.5. The topological polar surface area (TPSA) is 130 Å². The molecule has 0 aromatic rings. The van der Waals surface area contributed by atoms with Crippen LogP contribution in [-0.2, 0) is 24.4 Å². The smallest absolute Gasteiger partial charge is 0.405 e. The number of aliphatic hydroxyl groups is 2. The maximum Gasteiger partial charge on any atom is 0.405 e. The van der Waals surface area contributed by atoms with Gasteiger partial charge in [-0.2, -0.15) is 29.0 Å². The highest BCUT2D eigenvalue weighted by Gasteiger charge is 2.61. The lowest BCUT2D eigenvalue weighted by Gasteiger charge is -2.45. The summed E-state index contributed by atoms with van der Waals surface area (Å²) in [6.07, 6.45) is -2.36. The zero-order valence-corrected chi connectivity index (χ0v) is 18.5. The number of carbonyl (C=O) groups is 1. The van der Waals surface area contributed by atoms with Crippen LogP contribution in [0.5, 0.6) is 0 Å². The molecule has 8 nitrogen and oxygen atoms in total. The predicted octanol–water partition coefficient (Wildman–Crippen LogP) is 1.45. The van der Waals surface area contributed by atoms with Gasteiger partial charge in [0.2, 0.25) is 0 Å². The van der Waals surface area contributed by atoms with Crippen molar-refractivity contribution in [2.45, 2.75) is 80.2 Å². The molecule has 0 spiro atoms. The molecule has 12 heteroatoms. The standard InChI is InChI=1S/C17H28F2O8S2/c1-8(17(18,19)29(23,24)25)27-11(20)7-26-9-6-10-12(15(2,3)21)13(14(9)28-10)16(4,5)22/h8-10,12-14,21-22H,6-7H2,1-5H3,(H,23,24,25). The van der Waals surface area contributed by atoms with Crippen molar-refractivity contribution in [3.63, 3.8) is 0 Å². The van der Waals surface area contributed by atoms with Crippen molar-refractivity contribution < 1.29 is 46.2 Å². The second-order valence-electron chi connectivity index (χ2n) is 8.75.